The highest BCUT2D eigenvalue weighted by molar-refractivity contribution is 7.98. The number of halogens is 1. The first-order chi connectivity index (χ1) is 11.6. The van der Waals surface area contributed by atoms with Crippen molar-refractivity contribution in [2.24, 2.45) is 0 Å². The Labute approximate surface area is 148 Å². The van der Waals surface area contributed by atoms with Crippen LogP contribution in [0.3, 0.4) is 0 Å². The number of thioether (sulfide) groups is 1. The number of aromatic nitrogens is 2. The number of benzene rings is 2. The Kier molecular flexibility index (Phi) is 5.17. The Hall–Kier alpha value is -2.31. The van der Waals surface area contributed by atoms with Gasteiger partial charge in [-0.15, -0.1) is 16.9 Å². The minimum absolute atomic E-state index is 0.0747. The third-order valence-corrected chi connectivity index (χ3v) is 4.28. The molecule has 1 aromatic heterocycles. The standard InChI is InChI=1S/C17H14ClN3O2S/c1-24-14-8-2-11(3-9-14)10-15(22)19-17-21-20-16(23-17)12-4-6-13(18)7-5-12/h2-9H,10H2,1H3,(H,19,21,22). The van der Waals surface area contributed by atoms with Crippen molar-refractivity contribution in [1.82, 2.24) is 10.2 Å². The summed E-state index contributed by atoms with van der Waals surface area (Å²) in [6.45, 7) is 0. The normalized spacial score (nSPS) is 10.6. The van der Waals surface area contributed by atoms with Gasteiger partial charge in [0.25, 0.3) is 0 Å². The van der Waals surface area contributed by atoms with E-state index in [1.54, 1.807) is 36.0 Å². The van der Waals surface area contributed by atoms with E-state index in [0.717, 1.165) is 16.0 Å². The van der Waals surface area contributed by atoms with Gasteiger partial charge in [0, 0.05) is 15.5 Å². The molecule has 5 nitrogen and oxygen atoms in total. The van der Waals surface area contributed by atoms with E-state index in [1.165, 1.54) is 0 Å². The van der Waals surface area contributed by atoms with Gasteiger partial charge in [0.15, 0.2) is 0 Å². The van der Waals surface area contributed by atoms with Gasteiger partial charge in [0.05, 0.1) is 6.42 Å². The molecule has 24 heavy (non-hydrogen) atoms. The molecule has 0 unspecified atom stereocenters. The van der Waals surface area contributed by atoms with Crippen molar-refractivity contribution in [1.29, 1.82) is 0 Å². The smallest absolute Gasteiger partial charge is 0.322 e. The van der Waals surface area contributed by atoms with Gasteiger partial charge in [-0.1, -0.05) is 28.8 Å². The molecule has 122 valence electrons. The summed E-state index contributed by atoms with van der Waals surface area (Å²) in [7, 11) is 0. The summed E-state index contributed by atoms with van der Waals surface area (Å²) in [4.78, 5) is 13.2. The van der Waals surface area contributed by atoms with Gasteiger partial charge in [-0.3, -0.25) is 10.1 Å². The van der Waals surface area contributed by atoms with Crippen molar-refractivity contribution in [2.75, 3.05) is 11.6 Å². The van der Waals surface area contributed by atoms with Crippen LogP contribution in [0.15, 0.2) is 57.8 Å². The molecule has 1 amide bonds. The fourth-order valence-corrected chi connectivity index (χ4v) is 2.61. The molecule has 0 atom stereocenters. The van der Waals surface area contributed by atoms with Gasteiger partial charge < -0.3 is 4.42 Å². The van der Waals surface area contributed by atoms with E-state index < -0.39 is 0 Å². The van der Waals surface area contributed by atoms with Gasteiger partial charge >= 0.3 is 6.01 Å². The summed E-state index contributed by atoms with van der Waals surface area (Å²) in [6.07, 6.45) is 2.25. The minimum Gasteiger partial charge on any atom is -0.403 e. The van der Waals surface area contributed by atoms with E-state index in [9.17, 15) is 4.79 Å². The topological polar surface area (TPSA) is 68.0 Å². The Morgan fingerprint density at radius 3 is 2.50 bits per heavy atom. The third-order valence-electron chi connectivity index (χ3n) is 3.29. The van der Waals surface area contributed by atoms with Gasteiger partial charge in [0.2, 0.25) is 11.8 Å². The molecule has 2 aromatic carbocycles. The third kappa shape index (κ3) is 4.15. The summed E-state index contributed by atoms with van der Waals surface area (Å²) in [6, 6.07) is 14.9. The molecular formula is C17H14ClN3O2S. The number of nitrogens with one attached hydrogen (secondary N) is 1. The zero-order valence-corrected chi connectivity index (χ0v) is 14.4. The molecule has 0 aliphatic rings. The largest absolute Gasteiger partial charge is 0.403 e. The van der Waals surface area contributed by atoms with Crippen molar-refractivity contribution in [3.63, 3.8) is 0 Å². The molecule has 1 N–H and O–H groups in total. The number of hydrogen-bond donors (Lipinski definition) is 1. The lowest BCUT2D eigenvalue weighted by atomic mass is 10.1. The highest BCUT2D eigenvalue weighted by Gasteiger charge is 2.12. The fourth-order valence-electron chi connectivity index (χ4n) is 2.08. The van der Waals surface area contributed by atoms with Gasteiger partial charge in [-0.25, -0.2) is 0 Å². The van der Waals surface area contributed by atoms with Crippen molar-refractivity contribution in [3.8, 4) is 11.5 Å². The predicted octanol–water partition coefficient (Wildman–Crippen LogP) is 4.29. The van der Waals surface area contributed by atoms with E-state index in [-0.39, 0.29) is 18.3 Å². The maximum Gasteiger partial charge on any atom is 0.322 e. The Bertz CT molecular complexity index is 832. The van der Waals surface area contributed by atoms with Crippen LogP contribution in [-0.2, 0) is 11.2 Å². The minimum atomic E-state index is -0.210. The molecule has 3 aromatic rings. The summed E-state index contributed by atoms with van der Waals surface area (Å²) in [5.74, 6) is 0.115. The van der Waals surface area contributed by atoms with Crippen LogP contribution in [0.25, 0.3) is 11.5 Å². The van der Waals surface area contributed by atoms with Crippen LogP contribution in [0.4, 0.5) is 6.01 Å². The second-order valence-corrected chi connectivity index (χ2v) is 6.31. The molecule has 0 spiro atoms. The first kappa shape index (κ1) is 16.5. The first-order valence-electron chi connectivity index (χ1n) is 7.16. The van der Waals surface area contributed by atoms with Crippen molar-refractivity contribution in [3.05, 3.63) is 59.1 Å². The van der Waals surface area contributed by atoms with Crippen LogP contribution < -0.4 is 5.32 Å². The zero-order valence-electron chi connectivity index (χ0n) is 12.8. The van der Waals surface area contributed by atoms with Crippen LogP contribution in [0, 0.1) is 0 Å². The predicted molar refractivity (Wildman–Crippen MR) is 95.3 cm³/mol. The summed E-state index contributed by atoms with van der Waals surface area (Å²) in [5, 5.41) is 11.0. The maximum atomic E-state index is 12.1. The van der Waals surface area contributed by atoms with E-state index in [1.807, 2.05) is 30.5 Å². The molecule has 0 bridgehead atoms. The van der Waals surface area contributed by atoms with Crippen LogP contribution in [0.2, 0.25) is 5.02 Å². The fraction of sp³-hybridized carbons (Fsp3) is 0.118. The highest BCUT2D eigenvalue weighted by Crippen LogP contribution is 2.22. The van der Waals surface area contributed by atoms with E-state index in [0.29, 0.717) is 10.9 Å². The molecule has 1 heterocycles. The zero-order chi connectivity index (χ0) is 16.9. The van der Waals surface area contributed by atoms with Gasteiger partial charge in [-0.2, -0.15) is 0 Å². The summed E-state index contributed by atoms with van der Waals surface area (Å²) >= 11 is 7.50. The Morgan fingerprint density at radius 2 is 1.83 bits per heavy atom. The highest BCUT2D eigenvalue weighted by atomic mass is 35.5. The summed E-state index contributed by atoms with van der Waals surface area (Å²) in [5.41, 5.74) is 1.66. The average molecular weight is 360 g/mol. The van der Waals surface area contributed by atoms with Crippen molar-refractivity contribution in [2.45, 2.75) is 11.3 Å². The van der Waals surface area contributed by atoms with Gasteiger partial charge in [0.1, 0.15) is 0 Å². The number of anilines is 1. The molecule has 0 aliphatic carbocycles. The van der Waals surface area contributed by atoms with Gasteiger partial charge in [-0.05, 0) is 48.2 Å². The molecule has 0 radical (unpaired) electrons. The number of carbonyl (C=O) groups is 1. The molecule has 7 heteroatoms. The lowest BCUT2D eigenvalue weighted by molar-refractivity contribution is -0.115. The molecular weight excluding hydrogens is 346 g/mol. The SMILES string of the molecule is CSc1ccc(CC(=O)Nc2nnc(-c3ccc(Cl)cc3)o2)cc1. The average Bonchev–Trinajstić information content (AvgIpc) is 3.04. The lowest BCUT2D eigenvalue weighted by Gasteiger charge is -2.02. The first-order valence-corrected chi connectivity index (χ1v) is 8.76. The van der Waals surface area contributed by atoms with Crippen molar-refractivity contribution >= 4 is 35.3 Å². The second kappa shape index (κ2) is 7.51. The van der Waals surface area contributed by atoms with Crippen LogP contribution in [-0.4, -0.2) is 22.4 Å². The quantitative estimate of drug-likeness (QED) is 0.688. The molecule has 0 aliphatic heterocycles. The Balaban J connectivity index is 1.63. The number of nitrogens with zero attached hydrogens (tertiary/aromatic N) is 2. The second-order valence-electron chi connectivity index (χ2n) is 4.99. The number of hydrogen-bond acceptors (Lipinski definition) is 5. The number of rotatable bonds is 5. The monoisotopic (exact) mass is 359 g/mol. The van der Waals surface area contributed by atoms with Crippen LogP contribution in [0.1, 0.15) is 5.56 Å². The maximum absolute atomic E-state index is 12.1. The molecule has 0 saturated heterocycles. The Morgan fingerprint density at radius 1 is 1.12 bits per heavy atom. The number of carbonyl (C=O) groups excluding carboxylic acids is 1. The van der Waals surface area contributed by atoms with E-state index >= 15 is 0 Å². The van der Waals surface area contributed by atoms with E-state index in [2.05, 4.69) is 15.5 Å². The lowest BCUT2D eigenvalue weighted by Crippen LogP contribution is -2.14. The number of amides is 1. The molecule has 0 saturated carbocycles. The van der Waals surface area contributed by atoms with E-state index in [4.69, 9.17) is 16.0 Å². The van der Waals surface area contributed by atoms with Crippen LogP contribution in [0.5, 0.6) is 0 Å². The van der Waals surface area contributed by atoms with Crippen molar-refractivity contribution < 1.29 is 9.21 Å². The molecule has 3 rings (SSSR count). The summed E-state index contributed by atoms with van der Waals surface area (Å²) < 4.78 is 5.45. The molecule has 0 fully saturated rings. The van der Waals surface area contributed by atoms with Crippen LogP contribution >= 0.6 is 23.4 Å².